The van der Waals surface area contributed by atoms with E-state index >= 15 is 0 Å². The molecule has 1 aliphatic carbocycles. The van der Waals surface area contributed by atoms with Crippen molar-refractivity contribution >= 4 is 63.9 Å². The number of allylic oxidation sites excluding steroid dienone is 3. The van der Waals surface area contributed by atoms with Crippen molar-refractivity contribution in [2.45, 2.75) is 139 Å². The van der Waals surface area contributed by atoms with Gasteiger partial charge in [-0.2, -0.15) is 0 Å². The summed E-state index contributed by atoms with van der Waals surface area (Å²) < 4.78 is 41.0. The number of hydrogen-bond donors (Lipinski definition) is 2. The molecule has 0 spiro atoms. The highest BCUT2D eigenvalue weighted by molar-refractivity contribution is 8.14. The van der Waals surface area contributed by atoms with E-state index in [9.17, 15) is 33.9 Å². The third-order valence-electron chi connectivity index (χ3n) is 16.6. The standard InChI is InChI=1S/C62H80ClN7O14S/c1-40-16-15-19-50(79-8)62(77)38-49(82-59(76)66-62)41(2)55-60(4,84-55)51(37-53(72)69(6)47-35-44(34-40)36-48(78-7)54(47)63)83-56(73)42(3)68(5)52(71)24-33-85-57(74)45-22-20-43(21-23-45)39-70(28-30-81-32-31-80-29-27-65-67-64)58(75)61(25-13-10-14-26-61)46-17-11-9-12-18-46/h9,11-12,15-23,35-36,41-42,49-51,55,77H,10,13-14,24-34,37-39H2,1-8H3,(H,66,76)/b19-15+,40-16+/t41-,42+,49+,50-,51+,55+,60-,62+/m0/s1. The smallest absolute Gasteiger partial charge is 0.409 e. The fourth-order valence-corrected chi connectivity index (χ4v) is 12.5. The molecule has 2 saturated heterocycles. The van der Waals surface area contributed by atoms with Crippen LogP contribution in [0.3, 0.4) is 0 Å². The molecule has 2 N–H and O–H groups in total. The number of anilines is 1. The normalized spacial score (nSPS) is 25.3. The molecule has 0 aromatic heterocycles. The van der Waals surface area contributed by atoms with Crippen LogP contribution in [0.4, 0.5) is 10.5 Å². The molecule has 1 saturated carbocycles. The second-order valence-corrected chi connectivity index (χ2v) is 23.8. The Kier molecular flexibility index (Phi) is 23.5. The van der Waals surface area contributed by atoms with Gasteiger partial charge < -0.3 is 53.0 Å². The highest BCUT2D eigenvalue weighted by Gasteiger charge is 2.64. The molecule has 4 bridgehead atoms. The molecular weight excluding hydrogens is 1130 g/mol. The molecule has 8 atom stereocenters. The zero-order valence-electron chi connectivity index (χ0n) is 49.8. The summed E-state index contributed by atoms with van der Waals surface area (Å²) in [7, 11) is 5.90. The van der Waals surface area contributed by atoms with E-state index in [4.69, 9.17) is 50.3 Å². The number of carbonyl (C=O) groups excluding carboxylic acids is 6. The summed E-state index contributed by atoms with van der Waals surface area (Å²) >= 11 is 7.82. The van der Waals surface area contributed by atoms with Gasteiger partial charge >= 0.3 is 12.1 Å². The average molecular weight is 1210 g/mol. The number of rotatable bonds is 22. The Labute approximate surface area is 506 Å². The van der Waals surface area contributed by atoms with Crippen LogP contribution in [0, 0.1) is 5.92 Å². The highest BCUT2D eigenvalue weighted by atomic mass is 35.5. The molecule has 3 aromatic carbocycles. The van der Waals surface area contributed by atoms with Gasteiger partial charge in [0.05, 0.1) is 57.2 Å². The van der Waals surface area contributed by atoms with Crippen molar-refractivity contribution in [3.8, 4) is 5.75 Å². The summed E-state index contributed by atoms with van der Waals surface area (Å²) in [6.07, 6.45) is 4.69. The van der Waals surface area contributed by atoms with Gasteiger partial charge in [0.15, 0.2) is 5.72 Å². The number of esters is 1. The minimum Gasteiger partial charge on any atom is -0.495 e. The summed E-state index contributed by atoms with van der Waals surface area (Å²) in [4.78, 5) is 91.1. The minimum absolute atomic E-state index is 0.0281. The maximum absolute atomic E-state index is 14.8. The first-order valence-corrected chi connectivity index (χ1v) is 30.2. The van der Waals surface area contributed by atoms with Crippen molar-refractivity contribution < 1.29 is 67.0 Å². The number of hydrogen-bond acceptors (Lipinski definition) is 16. The number of azide groups is 1. The monoisotopic (exact) mass is 1210 g/mol. The van der Waals surface area contributed by atoms with Crippen molar-refractivity contribution in [1.82, 2.24) is 15.1 Å². The van der Waals surface area contributed by atoms with Crippen LogP contribution in [-0.4, -0.2) is 165 Å². The molecule has 3 heterocycles. The summed E-state index contributed by atoms with van der Waals surface area (Å²) in [5.41, 5.74) is 8.86. The molecule has 4 amide bonds. The van der Waals surface area contributed by atoms with Gasteiger partial charge in [0, 0.05) is 75.8 Å². The zero-order chi connectivity index (χ0) is 61.5. The first kappa shape index (κ1) is 66.0. The van der Waals surface area contributed by atoms with Gasteiger partial charge in [-0.1, -0.05) is 133 Å². The molecule has 4 aliphatic rings. The van der Waals surface area contributed by atoms with E-state index < -0.39 is 77.0 Å². The Balaban J connectivity index is 1.00. The lowest BCUT2D eigenvalue weighted by Crippen LogP contribution is -2.63. The van der Waals surface area contributed by atoms with Crippen LogP contribution in [0.1, 0.15) is 106 Å². The van der Waals surface area contributed by atoms with Gasteiger partial charge in [0.25, 0.3) is 0 Å². The van der Waals surface area contributed by atoms with E-state index in [-0.39, 0.29) is 67.4 Å². The molecule has 0 unspecified atom stereocenters. The van der Waals surface area contributed by atoms with Gasteiger partial charge in [0.2, 0.25) is 22.8 Å². The number of epoxide rings is 1. The predicted molar refractivity (Wildman–Crippen MR) is 321 cm³/mol. The Morgan fingerprint density at radius 3 is 2.40 bits per heavy atom. The summed E-state index contributed by atoms with van der Waals surface area (Å²) in [5.74, 6) is -1.89. The molecular formula is C62H80ClN7O14S. The number of halogens is 1. The molecule has 3 aromatic rings. The summed E-state index contributed by atoms with van der Waals surface area (Å²) in [6.45, 7) is 8.88. The highest BCUT2D eigenvalue weighted by Crippen LogP contribution is 2.49. The summed E-state index contributed by atoms with van der Waals surface area (Å²) in [6, 6.07) is 19.4. The second kappa shape index (κ2) is 30.2. The Bertz CT molecular complexity index is 2960. The number of likely N-dealkylation sites (N-methyl/N-ethyl adjacent to an activating group) is 1. The summed E-state index contributed by atoms with van der Waals surface area (Å²) in [5, 5.41) is 17.8. The number of methoxy groups -OCH3 is 2. The van der Waals surface area contributed by atoms with Crippen LogP contribution >= 0.6 is 23.4 Å². The number of nitrogens with zero attached hydrogens (tertiary/aromatic N) is 6. The third kappa shape index (κ3) is 16.5. The number of thioether (sulfide) groups is 1. The van der Waals surface area contributed by atoms with Crippen LogP contribution in [0.5, 0.6) is 5.75 Å². The minimum atomic E-state index is -1.89. The van der Waals surface area contributed by atoms with Crippen molar-refractivity contribution in [1.29, 1.82) is 0 Å². The lowest BCUT2D eigenvalue weighted by molar-refractivity contribution is -0.162. The number of aliphatic hydroxyl groups is 1. The van der Waals surface area contributed by atoms with E-state index in [1.807, 2.05) is 60.4 Å². The number of ether oxygens (including phenoxy) is 7. The average Bonchev–Trinajstić information content (AvgIpc) is 3.22. The van der Waals surface area contributed by atoms with Gasteiger partial charge in [-0.3, -0.25) is 24.5 Å². The quantitative estimate of drug-likeness (QED) is 0.0237. The van der Waals surface area contributed by atoms with E-state index in [1.165, 1.54) is 38.0 Å². The number of fused-ring (bicyclic) bond motifs is 5. The predicted octanol–water partition coefficient (Wildman–Crippen LogP) is 9.05. The van der Waals surface area contributed by atoms with Crippen molar-refractivity contribution in [3.63, 3.8) is 0 Å². The van der Waals surface area contributed by atoms with E-state index in [0.717, 1.165) is 66.1 Å². The Morgan fingerprint density at radius 1 is 1.01 bits per heavy atom. The maximum atomic E-state index is 14.8. The lowest BCUT2D eigenvalue weighted by Gasteiger charge is -2.42. The second-order valence-electron chi connectivity index (χ2n) is 22.4. The van der Waals surface area contributed by atoms with Crippen LogP contribution in [0.25, 0.3) is 10.4 Å². The number of alkyl carbamates (subject to hydrolysis) is 1. The zero-order valence-corrected chi connectivity index (χ0v) is 51.4. The maximum Gasteiger partial charge on any atom is 0.409 e. The van der Waals surface area contributed by atoms with E-state index in [1.54, 1.807) is 57.3 Å². The SMILES string of the molecule is COc1cc2cc(c1Cl)N(C)C(=O)C[C@@H](OC(=O)[C@@H](C)N(C)C(=O)CCSC(=O)c1ccc(CN(CCOCCOCCN=[N+]=[N-])C(=O)C3(c4ccccc4)CCCCC3)cc1)[C@]1(C)O[C@@H]1[C@@H](C)[C@H]1C[C@](O)(NC(=O)O1)[C@@H](OC)/C=C/C=C(\C)C2. The fourth-order valence-electron chi connectivity index (χ4n) is 11.4. The number of nitrogens with one attached hydrogen (secondary N) is 1. The molecule has 3 aliphatic heterocycles. The van der Waals surface area contributed by atoms with Crippen LogP contribution in [-0.2, 0) is 66.0 Å². The van der Waals surface area contributed by atoms with Crippen LogP contribution in [0.15, 0.2) is 95.6 Å². The fraction of sp³-hybridized carbons (Fsp3) is 0.548. The van der Waals surface area contributed by atoms with E-state index in [0.29, 0.717) is 43.2 Å². The number of amides is 4. The first-order chi connectivity index (χ1) is 40.7. The number of carbonyl (C=O) groups is 6. The van der Waals surface area contributed by atoms with Gasteiger partial charge in [0.1, 0.15) is 40.7 Å². The van der Waals surface area contributed by atoms with Gasteiger partial charge in [-0.15, -0.1) is 0 Å². The molecule has 21 nitrogen and oxygen atoms in total. The molecule has 85 heavy (non-hydrogen) atoms. The topological polar surface area (TPSA) is 261 Å². The largest absolute Gasteiger partial charge is 0.495 e. The van der Waals surface area contributed by atoms with Crippen LogP contribution in [0.2, 0.25) is 5.02 Å². The van der Waals surface area contributed by atoms with E-state index in [2.05, 4.69) is 15.3 Å². The molecule has 0 radical (unpaired) electrons. The lowest BCUT2D eigenvalue weighted by atomic mass is 9.68. The number of benzene rings is 3. The molecule has 7 rings (SSSR count). The molecule has 3 fully saturated rings. The first-order valence-electron chi connectivity index (χ1n) is 28.8. The van der Waals surface area contributed by atoms with Crippen molar-refractivity contribution in [2.24, 2.45) is 11.0 Å². The molecule has 23 heteroatoms. The van der Waals surface area contributed by atoms with Crippen molar-refractivity contribution in [3.05, 3.63) is 128 Å². The third-order valence-corrected chi connectivity index (χ3v) is 17.9. The van der Waals surface area contributed by atoms with Gasteiger partial charge in [-0.05, 0) is 74.4 Å². The van der Waals surface area contributed by atoms with Gasteiger partial charge in [-0.25, -0.2) is 9.59 Å². The molecule has 460 valence electrons. The Hall–Kier alpha value is -6.49. The van der Waals surface area contributed by atoms with Crippen molar-refractivity contribution in [2.75, 3.05) is 78.5 Å². The van der Waals surface area contributed by atoms with Crippen LogP contribution < -0.4 is 15.0 Å². The Morgan fingerprint density at radius 2 is 1.72 bits per heavy atom.